The van der Waals surface area contributed by atoms with E-state index in [1.807, 2.05) is 30.3 Å². The van der Waals surface area contributed by atoms with Crippen molar-refractivity contribution in [1.82, 2.24) is 10.0 Å². The van der Waals surface area contributed by atoms with Crippen molar-refractivity contribution in [3.63, 3.8) is 0 Å². The molecule has 0 spiro atoms. The predicted octanol–water partition coefficient (Wildman–Crippen LogP) is 2.51. The molecule has 1 aliphatic carbocycles. The fraction of sp³-hybridized carbons (Fsp3) is 0.522. The summed E-state index contributed by atoms with van der Waals surface area (Å²) in [4.78, 5) is 12.3. The minimum atomic E-state index is -3.76. The van der Waals surface area contributed by atoms with E-state index in [4.69, 9.17) is 9.47 Å². The van der Waals surface area contributed by atoms with Crippen molar-refractivity contribution in [1.29, 1.82) is 0 Å². The molecule has 0 fully saturated rings. The molecule has 4 atom stereocenters. The van der Waals surface area contributed by atoms with Crippen molar-refractivity contribution in [2.75, 3.05) is 13.7 Å². The van der Waals surface area contributed by atoms with Gasteiger partial charge in [-0.15, -0.1) is 0 Å². The number of allylic oxidation sites excluding steroid dienone is 2. The fourth-order valence-electron chi connectivity index (χ4n) is 3.35. The standard InChI is InChI=1S/C23H34N2O6S/c1-16-13-18(30-5)11-12-21(16)32(28,29)24-15-20(26)19(14-17-9-7-6-8-10-17)25-22(27)31-23(2,3)4/h6-13,16,19-21,24,26H,14-15H2,1-5H3,(H,25,27)/t16?,19-,20+,21?/m0/s1. The van der Waals surface area contributed by atoms with Gasteiger partial charge in [0, 0.05) is 6.54 Å². The Bertz CT molecular complexity index is 922. The van der Waals surface area contributed by atoms with E-state index in [0.29, 0.717) is 12.2 Å². The van der Waals surface area contributed by atoms with Crippen LogP contribution >= 0.6 is 0 Å². The number of hydrogen-bond acceptors (Lipinski definition) is 6. The topological polar surface area (TPSA) is 114 Å². The molecule has 0 heterocycles. The number of sulfonamides is 1. The summed E-state index contributed by atoms with van der Waals surface area (Å²) in [6.45, 7) is 6.75. The zero-order valence-electron chi connectivity index (χ0n) is 19.2. The molecular weight excluding hydrogens is 432 g/mol. The number of aliphatic hydroxyl groups excluding tert-OH is 1. The van der Waals surface area contributed by atoms with E-state index < -0.39 is 39.1 Å². The Kier molecular flexibility index (Phi) is 8.89. The van der Waals surface area contributed by atoms with Gasteiger partial charge in [0.1, 0.15) is 11.4 Å². The summed E-state index contributed by atoms with van der Waals surface area (Å²) >= 11 is 0. The Labute approximate surface area is 190 Å². The van der Waals surface area contributed by atoms with E-state index in [1.165, 1.54) is 7.11 Å². The molecule has 0 aromatic heterocycles. The lowest BCUT2D eigenvalue weighted by molar-refractivity contribution is 0.0427. The molecule has 1 amide bonds. The molecule has 1 aromatic carbocycles. The first-order valence-corrected chi connectivity index (χ1v) is 12.1. The summed E-state index contributed by atoms with van der Waals surface area (Å²) in [6, 6.07) is 8.56. The van der Waals surface area contributed by atoms with Gasteiger partial charge in [0.15, 0.2) is 0 Å². The average Bonchev–Trinajstić information content (AvgIpc) is 2.70. The predicted molar refractivity (Wildman–Crippen MR) is 123 cm³/mol. The molecule has 178 valence electrons. The van der Waals surface area contributed by atoms with Gasteiger partial charge >= 0.3 is 6.09 Å². The number of amides is 1. The van der Waals surface area contributed by atoms with E-state index in [9.17, 15) is 18.3 Å². The summed E-state index contributed by atoms with van der Waals surface area (Å²) in [5, 5.41) is 12.7. The van der Waals surface area contributed by atoms with Crippen LogP contribution in [-0.2, 0) is 25.9 Å². The third kappa shape index (κ3) is 7.96. The summed E-state index contributed by atoms with van der Waals surface area (Å²) in [6.07, 6.45) is 3.37. The first kappa shape index (κ1) is 25.9. The number of aliphatic hydroxyl groups is 1. The highest BCUT2D eigenvalue weighted by molar-refractivity contribution is 7.90. The van der Waals surface area contributed by atoms with Crippen molar-refractivity contribution in [3.05, 3.63) is 59.9 Å². The van der Waals surface area contributed by atoms with Crippen LogP contribution in [0.5, 0.6) is 0 Å². The molecule has 2 rings (SSSR count). The van der Waals surface area contributed by atoms with Crippen molar-refractivity contribution >= 4 is 16.1 Å². The van der Waals surface area contributed by atoms with Crippen LogP contribution in [0.1, 0.15) is 33.3 Å². The maximum Gasteiger partial charge on any atom is 0.407 e. The van der Waals surface area contributed by atoms with Gasteiger partial charge in [0.05, 0.1) is 24.5 Å². The minimum absolute atomic E-state index is 0.256. The Hall–Kier alpha value is -2.36. The second-order valence-corrected chi connectivity index (χ2v) is 10.8. The SMILES string of the molecule is COC1=CC(C)C(S(=O)(=O)NC[C@@H](O)[C@H](Cc2ccccc2)NC(=O)OC(C)(C)C)C=C1. The highest BCUT2D eigenvalue weighted by Gasteiger charge is 2.32. The number of carbonyl (C=O) groups excluding carboxylic acids is 1. The minimum Gasteiger partial charge on any atom is -0.497 e. The lowest BCUT2D eigenvalue weighted by atomic mass is 10.0. The number of nitrogens with one attached hydrogen (secondary N) is 2. The van der Waals surface area contributed by atoms with Crippen LogP contribution in [0, 0.1) is 5.92 Å². The molecule has 1 aromatic rings. The Morgan fingerprint density at radius 3 is 2.44 bits per heavy atom. The van der Waals surface area contributed by atoms with Crippen molar-refractivity contribution in [2.24, 2.45) is 5.92 Å². The maximum atomic E-state index is 12.8. The zero-order valence-corrected chi connectivity index (χ0v) is 20.1. The Morgan fingerprint density at radius 1 is 1.22 bits per heavy atom. The molecule has 0 aliphatic heterocycles. The molecule has 0 saturated heterocycles. The number of rotatable bonds is 9. The first-order chi connectivity index (χ1) is 14.9. The molecule has 9 heteroatoms. The molecule has 0 radical (unpaired) electrons. The van der Waals surface area contributed by atoms with Crippen LogP contribution in [0.4, 0.5) is 4.79 Å². The number of methoxy groups -OCH3 is 1. The van der Waals surface area contributed by atoms with Gasteiger partial charge in [0.25, 0.3) is 0 Å². The Balaban J connectivity index is 2.08. The van der Waals surface area contributed by atoms with Gasteiger partial charge in [-0.05, 0) is 50.8 Å². The van der Waals surface area contributed by atoms with E-state index in [0.717, 1.165) is 5.56 Å². The maximum absolute atomic E-state index is 12.8. The van der Waals surface area contributed by atoms with Crippen LogP contribution in [0.25, 0.3) is 0 Å². The zero-order chi connectivity index (χ0) is 23.9. The van der Waals surface area contributed by atoms with E-state index in [2.05, 4.69) is 10.0 Å². The monoisotopic (exact) mass is 466 g/mol. The number of carbonyl (C=O) groups is 1. The van der Waals surface area contributed by atoms with Crippen molar-refractivity contribution < 1.29 is 27.8 Å². The highest BCUT2D eigenvalue weighted by atomic mass is 32.2. The van der Waals surface area contributed by atoms with Crippen molar-refractivity contribution in [2.45, 2.75) is 57.1 Å². The van der Waals surface area contributed by atoms with Crippen LogP contribution in [0.15, 0.2) is 54.3 Å². The number of benzene rings is 1. The lowest BCUT2D eigenvalue weighted by Crippen LogP contribution is -2.51. The molecule has 1 aliphatic rings. The quantitative estimate of drug-likeness (QED) is 0.515. The lowest BCUT2D eigenvalue weighted by Gasteiger charge is -2.28. The van der Waals surface area contributed by atoms with Gasteiger partial charge in [-0.3, -0.25) is 0 Å². The molecule has 0 bridgehead atoms. The smallest absolute Gasteiger partial charge is 0.407 e. The molecule has 8 nitrogen and oxygen atoms in total. The van der Waals surface area contributed by atoms with Crippen LogP contribution in [0.3, 0.4) is 0 Å². The van der Waals surface area contributed by atoms with Crippen molar-refractivity contribution in [3.8, 4) is 0 Å². The summed E-state index contributed by atoms with van der Waals surface area (Å²) in [5.74, 6) is 0.304. The largest absolute Gasteiger partial charge is 0.497 e. The van der Waals surface area contributed by atoms with E-state index >= 15 is 0 Å². The second kappa shape index (κ2) is 11.0. The van der Waals surface area contributed by atoms with Gasteiger partial charge in [0.2, 0.25) is 10.0 Å². The fourth-order valence-corrected chi connectivity index (χ4v) is 4.87. The van der Waals surface area contributed by atoms with Gasteiger partial charge < -0.3 is 19.9 Å². The normalized spacial score (nSPS) is 20.8. The first-order valence-electron chi connectivity index (χ1n) is 10.6. The average molecular weight is 467 g/mol. The molecule has 3 N–H and O–H groups in total. The van der Waals surface area contributed by atoms with E-state index in [1.54, 1.807) is 45.9 Å². The number of hydrogen-bond donors (Lipinski definition) is 3. The summed E-state index contributed by atoms with van der Waals surface area (Å²) in [7, 11) is -2.24. The summed E-state index contributed by atoms with van der Waals surface area (Å²) in [5.41, 5.74) is 0.183. The molecule has 0 saturated carbocycles. The Morgan fingerprint density at radius 2 is 1.88 bits per heavy atom. The second-order valence-electron chi connectivity index (χ2n) is 8.86. The van der Waals surface area contributed by atoms with E-state index in [-0.39, 0.29) is 12.5 Å². The molecule has 2 unspecified atom stereocenters. The summed E-state index contributed by atoms with van der Waals surface area (Å²) < 4.78 is 38.6. The van der Waals surface area contributed by atoms with Crippen LogP contribution in [0.2, 0.25) is 0 Å². The molecular formula is C23H34N2O6S. The van der Waals surface area contributed by atoms with Gasteiger partial charge in [-0.2, -0.15) is 0 Å². The van der Waals surface area contributed by atoms with Crippen LogP contribution < -0.4 is 10.0 Å². The van der Waals surface area contributed by atoms with Gasteiger partial charge in [-0.1, -0.05) is 43.3 Å². The third-order valence-electron chi connectivity index (χ3n) is 4.95. The van der Waals surface area contributed by atoms with Gasteiger partial charge in [-0.25, -0.2) is 17.9 Å². The number of alkyl carbamates (subject to hydrolysis) is 1. The highest BCUT2D eigenvalue weighted by Crippen LogP contribution is 2.22. The van der Waals surface area contributed by atoms with Crippen LogP contribution in [-0.4, -0.2) is 56.3 Å². The molecule has 32 heavy (non-hydrogen) atoms. The third-order valence-corrected chi connectivity index (χ3v) is 6.82. The number of ether oxygens (including phenoxy) is 2.